The smallest absolute Gasteiger partial charge is 0.416 e. The molecule has 0 spiro atoms. The van der Waals surface area contributed by atoms with Crippen LogP contribution in [0.2, 0.25) is 0 Å². The van der Waals surface area contributed by atoms with Gasteiger partial charge in [-0.25, -0.2) is 0 Å². The molecule has 0 amide bonds. The second-order valence-electron chi connectivity index (χ2n) is 10.7. The maximum absolute atomic E-state index is 13.1. The summed E-state index contributed by atoms with van der Waals surface area (Å²) < 4.78 is 45.2. The van der Waals surface area contributed by atoms with Crippen LogP contribution in [0.5, 0.6) is 0 Å². The molecule has 0 saturated heterocycles. The van der Waals surface area contributed by atoms with Gasteiger partial charge in [-0.2, -0.15) is 13.2 Å². The average Bonchev–Trinajstić information content (AvgIpc) is 2.73. The molecule has 2 rings (SSSR count). The van der Waals surface area contributed by atoms with Gasteiger partial charge in [-0.15, -0.1) is 0 Å². The summed E-state index contributed by atoms with van der Waals surface area (Å²) in [5, 5.41) is 0. The first-order chi connectivity index (χ1) is 15.4. The predicted molar refractivity (Wildman–Crippen MR) is 127 cm³/mol. The molecule has 0 N–H and O–H groups in total. The van der Waals surface area contributed by atoms with Crippen molar-refractivity contribution in [2.75, 3.05) is 13.1 Å². The van der Waals surface area contributed by atoms with E-state index in [2.05, 4.69) is 32.6 Å². The standard InChI is InChI=1S/C27H42F3NO2/c1-18(2)13-15-31(16-14-19(3)4)25-12-11-23(33-26(32)20(5)6)17-24(25)21-7-9-22(10-8-21)27(28,29)30/h7-10,18-20,23-25H,11-17H2,1-6H3/t23-,24+,25-/m1/s1. The maximum Gasteiger partial charge on any atom is 0.416 e. The molecule has 0 aliphatic heterocycles. The van der Waals surface area contributed by atoms with Crippen LogP contribution in [0, 0.1) is 17.8 Å². The second kappa shape index (κ2) is 12.2. The summed E-state index contributed by atoms with van der Waals surface area (Å²) in [6.07, 6.45) is -0.0621. The average molecular weight is 470 g/mol. The van der Waals surface area contributed by atoms with Gasteiger partial charge in [0.15, 0.2) is 0 Å². The summed E-state index contributed by atoms with van der Waals surface area (Å²) in [5.74, 6) is 0.797. The number of nitrogens with zero attached hydrogens (tertiary/aromatic N) is 1. The van der Waals surface area contributed by atoms with Crippen LogP contribution in [0.4, 0.5) is 13.2 Å². The van der Waals surface area contributed by atoms with Crippen LogP contribution < -0.4 is 0 Å². The fourth-order valence-electron chi connectivity index (χ4n) is 4.53. The van der Waals surface area contributed by atoms with E-state index < -0.39 is 11.7 Å². The molecule has 1 aromatic rings. The van der Waals surface area contributed by atoms with Gasteiger partial charge in [0.05, 0.1) is 11.5 Å². The van der Waals surface area contributed by atoms with Crippen LogP contribution in [0.25, 0.3) is 0 Å². The number of hydrogen-bond acceptors (Lipinski definition) is 3. The second-order valence-corrected chi connectivity index (χ2v) is 10.7. The monoisotopic (exact) mass is 469 g/mol. The number of esters is 1. The molecule has 188 valence electrons. The number of carbonyl (C=O) groups excluding carboxylic acids is 1. The van der Waals surface area contributed by atoms with Gasteiger partial charge in [0.25, 0.3) is 0 Å². The highest BCUT2D eigenvalue weighted by atomic mass is 19.4. The van der Waals surface area contributed by atoms with E-state index in [4.69, 9.17) is 4.74 Å². The van der Waals surface area contributed by atoms with Gasteiger partial charge in [-0.1, -0.05) is 53.7 Å². The number of ether oxygens (including phenoxy) is 1. The van der Waals surface area contributed by atoms with Gasteiger partial charge in [-0.05, 0) is 74.7 Å². The van der Waals surface area contributed by atoms with E-state index in [1.807, 2.05) is 13.8 Å². The van der Waals surface area contributed by atoms with Crippen LogP contribution in [0.1, 0.15) is 90.7 Å². The third-order valence-corrected chi connectivity index (χ3v) is 6.64. The van der Waals surface area contributed by atoms with Crippen molar-refractivity contribution >= 4 is 5.97 Å². The quantitative estimate of drug-likeness (QED) is 0.337. The van der Waals surface area contributed by atoms with Gasteiger partial charge < -0.3 is 4.74 Å². The maximum atomic E-state index is 13.1. The van der Waals surface area contributed by atoms with E-state index in [-0.39, 0.29) is 30.0 Å². The van der Waals surface area contributed by atoms with E-state index in [0.717, 1.165) is 44.3 Å². The summed E-state index contributed by atoms with van der Waals surface area (Å²) >= 11 is 0. The number of carbonyl (C=O) groups is 1. The Kier molecular flexibility index (Phi) is 10.3. The fourth-order valence-corrected chi connectivity index (χ4v) is 4.53. The molecule has 33 heavy (non-hydrogen) atoms. The molecule has 1 aromatic carbocycles. The number of alkyl halides is 3. The summed E-state index contributed by atoms with van der Waals surface area (Å²) in [6.45, 7) is 14.5. The van der Waals surface area contributed by atoms with E-state index >= 15 is 0 Å². The van der Waals surface area contributed by atoms with Crippen LogP contribution in [-0.4, -0.2) is 36.1 Å². The first-order valence-electron chi connectivity index (χ1n) is 12.5. The minimum absolute atomic E-state index is 0.0327. The number of halogens is 3. The minimum Gasteiger partial charge on any atom is -0.462 e. The van der Waals surface area contributed by atoms with Gasteiger partial charge in [-0.3, -0.25) is 9.69 Å². The molecule has 0 aromatic heterocycles. The van der Waals surface area contributed by atoms with Gasteiger partial charge in [0.1, 0.15) is 6.10 Å². The predicted octanol–water partition coefficient (Wildman–Crippen LogP) is 7.30. The molecule has 3 atom stereocenters. The largest absolute Gasteiger partial charge is 0.462 e. The van der Waals surface area contributed by atoms with E-state index in [0.29, 0.717) is 18.3 Å². The van der Waals surface area contributed by atoms with Crippen LogP contribution in [0.3, 0.4) is 0 Å². The van der Waals surface area contributed by atoms with Gasteiger partial charge in [0, 0.05) is 12.0 Å². The SMILES string of the molecule is CC(C)CCN(CCC(C)C)[C@@H]1CC[C@@H](OC(=O)C(C)C)C[C@H]1c1ccc(C(F)(F)F)cc1. The number of hydrogen-bond donors (Lipinski definition) is 0. The van der Waals surface area contributed by atoms with Crippen molar-refractivity contribution in [1.82, 2.24) is 4.90 Å². The van der Waals surface area contributed by atoms with Crippen molar-refractivity contribution < 1.29 is 22.7 Å². The van der Waals surface area contributed by atoms with E-state index in [1.165, 1.54) is 12.1 Å². The third kappa shape index (κ3) is 8.62. The molecule has 1 aliphatic rings. The Hall–Kier alpha value is -1.56. The minimum atomic E-state index is -4.35. The first-order valence-corrected chi connectivity index (χ1v) is 12.5. The van der Waals surface area contributed by atoms with Crippen molar-refractivity contribution in [2.24, 2.45) is 17.8 Å². The lowest BCUT2D eigenvalue weighted by molar-refractivity contribution is -0.155. The highest BCUT2D eigenvalue weighted by Crippen LogP contribution is 2.39. The Balaban J connectivity index is 2.31. The molecule has 3 nitrogen and oxygen atoms in total. The lowest BCUT2D eigenvalue weighted by Gasteiger charge is -2.43. The molecule has 1 aliphatic carbocycles. The van der Waals surface area contributed by atoms with E-state index in [9.17, 15) is 18.0 Å². The lowest BCUT2D eigenvalue weighted by atomic mass is 9.77. The molecule has 0 bridgehead atoms. The van der Waals surface area contributed by atoms with Crippen molar-refractivity contribution in [3.05, 3.63) is 35.4 Å². The van der Waals surface area contributed by atoms with Gasteiger partial charge >= 0.3 is 12.1 Å². The zero-order valence-corrected chi connectivity index (χ0v) is 21.1. The normalized spacial score (nSPS) is 21.9. The van der Waals surface area contributed by atoms with Gasteiger partial charge in [0.2, 0.25) is 0 Å². The molecule has 1 fully saturated rings. The molecule has 6 heteroatoms. The Labute approximate surface area is 198 Å². The van der Waals surface area contributed by atoms with Crippen LogP contribution in [0.15, 0.2) is 24.3 Å². The molecule has 0 unspecified atom stereocenters. The van der Waals surface area contributed by atoms with Crippen LogP contribution >= 0.6 is 0 Å². The van der Waals surface area contributed by atoms with Crippen molar-refractivity contribution in [3.63, 3.8) is 0 Å². The summed E-state index contributed by atoms with van der Waals surface area (Å²) in [4.78, 5) is 14.8. The van der Waals surface area contributed by atoms with Crippen molar-refractivity contribution in [2.45, 2.75) is 97.9 Å². The zero-order chi connectivity index (χ0) is 24.8. The summed E-state index contributed by atoms with van der Waals surface area (Å²) in [6, 6.07) is 5.84. The molecular formula is C27H42F3NO2. The lowest BCUT2D eigenvalue weighted by Crippen LogP contribution is -2.46. The topological polar surface area (TPSA) is 29.5 Å². The Morgan fingerprint density at radius 2 is 1.52 bits per heavy atom. The summed E-state index contributed by atoms with van der Waals surface area (Å²) in [7, 11) is 0. The molecule has 0 radical (unpaired) electrons. The molecular weight excluding hydrogens is 427 g/mol. The van der Waals surface area contributed by atoms with Crippen molar-refractivity contribution in [3.8, 4) is 0 Å². The highest BCUT2D eigenvalue weighted by Gasteiger charge is 2.37. The fraction of sp³-hybridized carbons (Fsp3) is 0.741. The number of benzene rings is 1. The van der Waals surface area contributed by atoms with Crippen molar-refractivity contribution in [1.29, 1.82) is 0 Å². The number of rotatable bonds is 10. The Morgan fingerprint density at radius 1 is 0.970 bits per heavy atom. The molecule has 0 heterocycles. The molecule has 1 saturated carbocycles. The summed E-state index contributed by atoms with van der Waals surface area (Å²) in [5.41, 5.74) is 0.273. The Morgan fingerprint density at radius 3 is 1.97 bits per heavy atom. The first kappa shape index (κ1) is 27.7. The third-order valence-electron chi connectivity index (χ3n) is 6.64. The Bertz CT molecular complexity index is 716. The van der Waals surface area contributed by atoms with Crippen LogP contribution in [-0.2, 0) is 15.7 Å². The van der Waals surface area contributed by atoms with E-state index in [1.54, 1.807) is 12.1 Å². The zero-order valence-electron chi connectivity index (χ0n) is 21.1. The highest BCUT2D eigenvalue weighted by molar-refractivity contribution is 5.71.